The van der Waals surface area contributed by atoms with E-state index in [1.165, 1.54) is 0 Å². The number of aryl methyl sites for hydroxylation is 1. The number of amides is 1. The van der Waals surface area contributed by atoms with E-state index in [2.05, 4.69) is 20.5 Å². The van der Waals surface area contributed by atoms with E-state index in [1.54, 1.807) is 7.11 Å². The van der Waals surface area contributed by atoms with Crippen LogP contribution in [-0.4, -0.2) is 58.5 Å². The van der Waals surface area contributed by atoms with Crippen LogP contribution in [0.2, 0.25) is 0 Å². The highest BCUT2D eigenvalue weighted by atomic mass is 16.5. The van der Waals surface area contributed by atoms with Crippen LogP contribution >= 0.6 is 0 Å². The maximum Gasteiger partial charge on any atom is 0.254 e. The fourth-order valence-electron chi connectivity index (χ4n) is 3.98. The summed E-state index contributed by atoms with van der Waals surface area (Å²) < 4.78 is 7.50. The number of benzene rings is 2. The molecule has 7 heteroatoms. The van der Waals surface area contributed by atoms with E-state index in [4.69, 9.17) is 10.00 Å². The van der Waals surface area contributed by atoms with Gasteiger partial charge in [-0.05, 0) is 42.3 Å². The summed E-state index contributed by atoms with van der Waals surface area (Å²) in [5.74, 6) is 0.791. The molecular weight excluding hydrogens is 402 g/mol. The number of hydrogen-bond acceptors (Lipinski definition) is 5. The summed E-state index contributed by atoms with van der Waals surface area (Å²) in [6.07, 6.45) is 3.75. The molecule has 1 saturated heterocycles. The molecule has 0 saturated carbocycles. The van der Waals surface area contributed by atoms with Gasteiger partial charge in [-0.25, -0.2) is 4.98 Å². The number of carbonyl (C=O) groups excluding carboxylic acids is 1. The van der Waals surface area contributed by atoms with Gasteiger partial charge in [0.2, 0.25) is 0 Å². The first-order valence-electron chi connectivity index (χ1n) is 10.7. The highest BCUT2D eigenvalue weighted by Gasteiger charge is 2.23. The Labute approximate surface area is 188 Å². The van der Waals surface area contributed by atoms with Crippen LogP contribution in [0.15, 0.2) is 55.0 Å². The van der Waals surface area contributed by atoms with Gasteiger partial charge in [0.1, 0.15) is 5.75 Å². The van der Waals surface area contributed by atoms with E-state index in [0.29, 0.717) is 24.2 Å². The summed E-state index contributed by atoms with van der Waals surface area (Å²) in [4.78, 5) is 21.5. The van der Waals surface area contributed by atoms with Gasteiger partial charge in [0.05, 0.1) is 30.8 Å². The topological polar surface area (TPSA) is 74.4 Å². The summed E-state index contributed by atoms with van der Waals surface area (Å²) in [5.41, 5.74) is 4.62. The van der Waals surface area contributed by atoms with Crippen LogP contribution in [0.25, 0.3) is 0 Å². The Morgan fingerprint density at radius 2 is 1.84 bits per heavy atom. The molecule has 1 fully saturated rings. The lowest BCUT2D eigenvalue weighted by atomic mass is 10.1. The van der Waals surface area contributed by atoms with Crippen LogP contribution in [-0.2, 0) is 13.1 Å². The molecule has 0 N–H and O–H groups in total. The summed E-state index contributed by atoms with van der Waals surface area (Å²) in [5, 5.41) is 8.96. The summed E-state index contributed by atoms with van der Waals surface area (Å²) in [6, 6.07) is 15.4. The highest BCUT2D eigenvalue weighted by Crippen LogP contribution is 2.21. The van der Waals surface area contributed by atoms with Crippen molar-refractivity contribution in [3.05, 3.63) is 82.9 Å². The molecule has 0 aliphatic carbocycles. The van der Waals surface area contributed by atoms with Crippen molar-refractivity contribution < 1.29 is 9.53 Å². The van der Waals surface area contributed by atoms with Gasteiger partial charge < -0.3 is 14.2 Å². The molecule has 1 aromatic heterocycles. The lowest BCUT2D eigenvalue weighted by Crippen LogP contribution is -2.48. The van der Waals surface area contributed by atoms with Gasteiger partial charge in [-0.15, -0.1) is 0 Å². The number of ether oxygens (including phenoxy) is 1. The van der Waals surface area contributed by atoms with E-state index >= 15 is 0 Å². The number of carbonyl (C=O) groups is 1. The minimum atomic E-state index is 0.0498. The first kappa shape index (κ1) is 21.6. The molecule has 1 aliphatic heterocycles. The number of hydrogen-bond donors (Lipinski definition) is 0. The van der Waals surface area contributed by atoms with Crippen molar-refractivity contribution in [1.29, 1.82) is 5.26 Å². The molecule has 0 atom stereocenters. The molecule has 32 heavy (non-hydrogen) atoms. The van der Waals surface area contributed by atoms with Crippen molar-refractivity contribution in [2.45, 2.75) is 20.0 Å². The monoisotopic (exact) mass is 429 g/mol. The Bertz CT molecular complexity index is 1120. The molecule has 0 unspecified atom stereocenters. The number of aromatic nitrogens is 2. The highest BCUT2D eigenvalue weighted by molar-refractivity contribution is 5.94. The van der Waals surface area contributed by atoms with Gasteiger partial charge >= 0.3 is 0 Å². The van der Waals surface area contributed by atoms with Crippen LogP contribution < -0.4 is 4.74 Å². The number of nitriles is 1. The Morgan fingerprint density at radius 1 is 1.09 bits per heavy atom. The Balaban J connectivity index is 1.34. The summed E-state index contributed by atoms with van der Waals surface area (Å²) in [7, 11) is 1.63. The molecule has 0 spiro atoms. The minimum absolute atomic E-state index is 0.0498. The zero-order valence-corrected chi connectivity index (χ0v) is 18.5. The fourth-order valence-corrected chi connectivity index (χ4v) is 3.98. The average molecular weight is 430 g/mol. The quantitative estimate of drug-likeness (QED) is 0.602. The maximum atomic E-state index is 12.9. The Morgan fingerprint density at radius 3 is 2.53 bits per heavy atom. The number of rotatable bonds is 6. The molecule has 164 valence electrons. The van der Waals surface area contributed by atoms with Crippen LogP contribution in [0.1, 0.15) is 32.7 Å². The Kier molecular flexibility index (Phi) is 6.52. The third kappa shape index (κ3) is 4.82. The van der Waals surface area contributed by atoms with E-state index in [1.807, 2.05) is 66.8 Å². The molecule has 4 rings (SSSR count). The van der Waals surface area contributed by atoms with Crippen LogP contribution in [0.5, 0.6) is 5.75 Å². The molecule has 2 aromatic carbocycles. The van der Waals surface area contributed by atoms with Crippen molar-refractivity contribution in [3.63, 3.8) is 0 Å². The SMILES string of the molecule is COc1cc(C(=O)N2CCN(Cc3cncn3Cc3ccc(C#N)cc3)CC2)ccc1C. The fraction of sp³-hybridized carbons (Fsp3) is 0.320. The van der Waals surface area contributed by atoms with Gasteiger partial charge in [0.15, 0.2) is 0 Å². The zero-order valence-electron chi connectivity index (χ0n) is 18.5. The second-order valence-corrected chi connectivity index (χ2v) is 8.07. The largest absolute Gasteiger partial charge is 0.496 e. The van der Waals surface area contributed by atoms with Crippen molar-refractivity contribution in [2.75, 3.05) is 33.3 Å². The normalized spacial score (nSPS) is 14.2. The zero-order chi connectivity index (χ0) is 22.5. The first-order valence-corrected chi connectivity index (χ1v) is 10.7. The second kappa shape index (κ2) is 9.67. The third-order valence-electron chi connectivity index (χ3n) is 5.93. The molecule has 2 heterocycles. The van der Waals surface area contributed by atoms with E-state index < -0.39 is 0 Å². The summed E-state index contributed by atoms with van der Waals surface area (Å²) in [6.45, 7) is 6.49. The minimum Gasteiger partial charge on any atom is -0.496 e. The van der Waals surface area contributed by atoms with Crippen LogP contribution in [0.3, 0.4) is 0 Å². The predicted molar refractivity (Wildman–Crippen MR) is 121 cm³/mol. The third-order valence-corrected chi connectivity index (χ3v) is 5.93. The van der Waals surface area contributed by atoms with Crippen molar-refractivity contribution in [1.82, 2.24) is 19.4 Å². The second-order valence-electron chi connectivity index (χ2n) is 8.07. The van der Waals surface area contributed by atoms with E-state index in [9.17, 15) is 4.79 Å². The molecule has 0 radical (unpaired) electrons. The first-order chi connectivity index (χ1) is 15.6. The molecule has 3 aromatic rings. The Hall–Kier alpha value is -3.63. The van der Waals surface area contributed by atoms with Gasteiger partial charge in [-0.2, -0.15) is 5.26 Å². The maximum absolute atomic E-state index is 12.9. The smallest absolute Gasteiger partial charge is 0.254 e. The van der Waals surface area contributed by atoms with Gasteiger partial charge in [-0.3, -0.25) is 9.69 Å². The predicted octanol–water partition coefficient (Wildman–Crippen LogP) is 3.08. The van der Waals surface area contributed by atoms with Crippen molar-refractivity contribution in [2.24, 2.45) is 0 Å². The van der Waals surface area contributed by atoms with Crippen molar-refractivity contribution >= 4 is 5.91 Å². The molecule has 0 bridgehead atoms. The lowest BCUT2D eigenvalue weighted by molar-refractivity contribution is 0.0625. The van der Waals surface area contributed by atoms with E-state index in [0.717, 1.165) is 48.7 Å². The van der Waals surface area contributed by atoms with Gasteiger partial charge in [-0.1, -0.05) is 18.2 Å². The van der Waals surface area contributed by atoms with Gasteiger partial charge in [0.25, 0.3) is 5.91 Å². The van der Waals surface area contributed by atoms with E-state index in [-0.39, 0.29) is 5.91 Å². The number of methoxy groups -OCH3 is 1. The standard InChI is InChI=1S/C25H27N5O2/c1-19-3-8-22(13-24(19)32-2)25(31)29-11-9-28(10-12-29)17-23-15-27-18-30(23)16-21-6-4-20(14-26)5-7-21/h3-8,13,15,18H,9-12,16-17H2,1-2H3. The van der Waals surface area contributed by atoms with Crippen LogP contribution in [0.4, 0.5) is 0 Å². The number of nitrogens with zero attached hydrogens (tertiary/aromatic N) is 5. The van der Waals surface area contributed by atoms with Crippen molar-refractivity contribution in [3.8, 4) is 11.8 Å². The summed E-state index contributed by atoms with van der Waals surface area (Å²) >= 11 is 0. The van der Waals surface area contributed by atoms with Gasteiger partial charge in [0, 0.05) is 51.0 Å². The average Bonchev–Trinajstić information content (AvgIpc) is 3.26. The number of imidazole rings is 1. The molecule has 1 aliphatic rings. The van der Waals surface area contributed by atoms with Crippen LogP contribution in [0, 0.1) is 18.3 Å². The molecular formula is C25H27N5O2. The molecule has 1 amide bonds. The lowest BCUT2D eigenvalue weighted by Gasteiger charge is -2.34. The molecule has 7 nitrogen and oxygen atoms in total. The number of piperazine rings is 1.